The molecule has 0 bridgehead atoms. The first kappa shape index (κ1) is 15.2. The van der Waals surface area contributed by atoms with Crippen LogP contribution in [0.2, 0.25) is 0 Å². The van der Waals surface area contributed by atoms with Crippen LogP contribution in [-0.2, 0) is 0 Å². The number of hydrogen-bond acceptors (Lipinski definition) is 3. The second-order valence-corrected chi connectivity index (χ2v) is 5.43. The molecule has 0 saturated carbocycles. The SMILES string of the molecule is Nc1ccc(F)cc1C(=O)Nc1ccc(I)cc1C(=O)O. The molecular formula is C14H10FIN2O3. The van der Waals surface area contributed by atoms with Crippen LogP contribution in [-0.4, -0.2) is 17.0 Å². The Morgan fingerprint density at radius 3 is 2.52 bits per heavy atom. The zero-order chi connectivity index (χ0) is 15.6. The van der Waals surface area contributed by atoms with Crippen molar-refractivity contribution in [3.05, 3.63) is 56.9 Å². The summed E-state index contributed by atoms with van der Waals surface area (Å²) in [6, 6.07) is 7.96. The fourth-order valence-electron chi connectivity index (χ4n) is 1.72. The van der Waals surface area contributed by atoms with Crippen molar-refractivity contribution in [3.63, 3.8) is 0 Å². The highest BCUT2D eigenvalue weighted by atomic mass is 127. The molecule has 0 aliphatic carbocycles. The predicted molar refractivity (Wildman–Crippen MR) is 84.9 cm³/mol. The van der Waals surface area contributed by atoms with Gasteiger partial charge in [-0.05, 0) is 59.0 Å². The number of carboxylic acids is 1. The Morgan fingerprint density at radius 2 is 1.86 bits per heavy atom. The lowest BCUT2D eigenvalue weighted by Gasteiger charge is -2.10. The van der Waals surface area contributed by atoms with Crippen molar-refractivity contribution in [1.29, 1.82) is 0 Å². The first-order valence-corrected chi connectivity index (χ1v) is 6.85. The number of carbonyl (C=O) groups is 2. The summed E-state index contributed by atoms with van der Waals surface area (Å²) in [5.41, 5.74) is 5.75. The normalized spacial score (nSPS) is 10.2. The molecule has 0 saturated heterocycles. The average Bonchev–Trinajstić information content (AvgIpc) is 2.43. The molecular weight excluding hydrogens is 390 g/mol. The van der Waals surface area contributed by atoms with E-state index in [2.05, 4.69) is 5.32 Å². The number of halogens is 2. The highest BCUT2D eigenvalue weighted by Gasteiger charge is 2.16. The molecule has 2 aromatic carbocycles. The van der Waals surface area contributed by atoms with E-state index >= 15 is 0 Å². The number of anilines is 2. The van der Waals surface area contributed by atoms with E-state index in [1.165, 1.54) is 18.2 Å². The van der Waals surface area contributed by atoms with Crippen molar-refractivity contribution in [3.8, 4) is 0 Å². The fourth-order valence-corrected chi connectivity index (χ4v) is 2.21. The molecule has 0 spiro atoms. The van der Waals surface area contributed by atoms with Gasteiger partial charge in [-0.2, -0.15) is 0 Å². The number of rotatable bonds is 3. The molecule has 0 aliphatic heterocycles. The minimum absolute atomic E-state index is 0.0507. The third-order valence-corrected chi connectivity index (χ3v) is 3.39. The number of hydrogen-bond donors (Lipinski definition) is 3. The standard InChI is InChI=1S/C14H10FIN2O3/c15-7-1-3-11(17)9(5-7)13(19)18-12-4-2-8(16)6-10(12)14(20)21/h1-6H,17H2,(H,18,19)(H,20,21). The largest absolute Gasteiger partial charge is 0.478 e. The zero-order valence-electron chi connectivity index (χ0n) is 10.6. The summed E-state index contributed by atoms with van der Waals surface area (Å²) in [4.78, 5) is 23.3. The first-order valence-electron chi connectivity index (χ1n) is 5.77. The van der Waals surface area contributed by atoms with Crippen molar-refractivity contribution in [2.75, 3.05) is 11.1 Å². The average molecular weight is 400 g/mol. The molecule has 4 N–H and O–H groups in total. The molecule has 21 heavy (non-hydrogen) atoms. The summed E-state index contributed by atoms with van der Waals surface area (Å²) in [5, 5.41) is 11.6. The van der Waals surface area contributed by atoms with Crippen molar-refractivity contribution < 1.29 is 19.1 Å². The number of nitrogen functional groups attached to an aromatic ring is 1. The summed E-state index contributed by atoms with van der Waals surface area (Å²) >= 11 is 1.96. The Labute approximate surface area is 133 Å². The van der Waals surface area contributed by atoms with E-state index in [4.69, 9.17) is 10.8 Å². The number of benzene rings is 2. The van der Waals surface area contributed by atoms with Crippen LogP contribution in [0.25, 0.3) is 0 Å². The number of nitrogens with two attached hydrogens (primary N) is 1. The Bertz CT molecular complexity index is 734. The summed E-state index contributed by atoms with van der Waals surface area (Å²) in [6.07, 6.45) is 0. The molecule has 0 radical (unpaired) electrons. The Hall–Kier alpha value is -2.16. The molecule has 2 aromatic rings. The van der Waals surface area contributed by atoms with Gasteiger partial charge >= 0.3 is 5.97 Å². The van der Waals surface area contributed by atoms with Crippen LogP contribution in [0, 0.1) is 9.39 Å². The van der Waals surface area contributed by atoms with E-state index in [9.17, 15) is 14.0 Å². The second-order valence-electron chi connectivity index (χ2n) is 4.18. The summed E-state index contributed by atoms with van der Waals surface area (Å²) < 4.78 is 13.9. The van der Waals surface area contributed by atoms with Crippen molar-refractivity contribution in [1.82, 2.24) is 0 Å². The minimum Gasteiger partial charge on any atom is -0.478 e. The number of aromatic carboxylic acids is 1. The molecule has 0 atom stereocenters. The zero-order valence-corrected chi connectivity index (χ0v) is 12.7. The summed E-state index contributed by atoms with van der Waals surface area (Å²) in [5.74, 6) is -2.44. The molecule has 0 heterocycles. The lowest BCUT2D eigenvalue weighted by atomic mass is 10.1. The smallest absolute Gasteiger partial charge is 0.337 e. The highest BCUT2D eigenvalue weighted by molar-refractivity contribution is 14.1. The monoisotopic (exact) mass is 400 g/mol. The van der Waals surface area contributed by atoms with E-state index in [1.807, 2.05) is 22.6 Å². The predicted octanol–water partition coefficient (Wildman–Crippen LogP) is 2.96. The van der Waals surface area contributed by atoms with Crippen LogP contribution in [0.5, 0.6) is 0 Å². The molecule has 5 nitrogen and oxygen atoms in total. The van der Waals surface area contributed by atoms with Gasteiger partial charge in [0.1, 0.15) is 5.82 Å². The van der Waals surface area contributed by atoms with Gasteiger partial charge in [-0.1, -0.05) is 0 Å². The van der Waals surface area contributed by atoms with Gasteiger partial charge in [0.15, 0.2) is 0 Å². The number of nitrogens with one attached hydrogen (secondary N) is 1. The van der Waals surface area contributed by atoms with Crippen LogP contribution >= 0.6 is 22.6 Å². The lowest BCUT2D eigenvalue weighted by molar-refractivity contribution is 0.0698. The van der Waals surface area contributed by atoms with Crippen LogP contribution in [0.4, 0.5) is 15.8 Å². The Kier molecular flexibility index (Phi) is 4.41. The molecule has 0 aliphatic rings. The van der Waals surface area contributed by atoms with Crippen molar-refractivity contribution in [2.45, 2.75) is 0 Å². The number of carbonyl (C=O) groups excluding carboxylic acids is 1. The maximum atomic E-state index is 13.2. The van der Waals surface area contributed by atoms with E-state index in [1.54, 1.807) is 6.07 Å². The van der Waals surface area contributed by atoms with Crippen LogP contribution < -0.4 is 11.1 Å². The number of carboxylic acid groups (broad SMARTS) is 1. The van der Waals surface area contributed by atoms with Gasteiger partial charge in [0.25, 0.3) is 5.91 Å². The van der Waals surface area contributed by atoms with Crippen molar-refractivity contribution >= 4 is 45.8 Å². The third kappa shape index (κ3) is 3.48. The molecule has 0 aromatic heterocycles. The summed E-state index contributed by atoms with van der Waals surface area (Å²) in [7, 11) is 0. The van der Waals surface area contributed by atoms with E-state index in [0.29, 0.717) is 3.57 Å². The third-order valence-electron chi connectivity index (χ3n) is 2.72. The topological polar surface area (TPSA) is 92.4 Å². The van der Waals surface area contributed by atoms with Crippen LogP contribution in [0.15, 0.2) is 36.4 Å². The highest BCUT2D eigenvalue weighted by Crippen LogP contribution is 2.21. The van der Waals surface area contributed by atoms with Gasteiger partial charge in [-0.25, -0.2) is 9.18 Å². The van der Waals surface area contributed by atoms with Gasteiger partial charge < -0.3 is 16.2 Å². The van der Waals surface area contributed by atoms with Crippen molar-refractivity contribution in [2.24, 2.45) is 0 Å². The van der Waals surface area contributed by atoms with Crippen LogP contribution in [0.1, 0.15) is 20.7 Å². The number of amides is 1. The Morgan fingerprint density at radius 1 is 1.14 bits per heavy atom. The molecule has 7 heteroatoms. The molecule has 1 amide bonds. The van der Waals surface area contributed by atoms with E-state index in [-0.39, 0.29) is 22.5 Å². The molecule has 2 rings (SSSR count). The molecule has 0 fully saturated rings. The van der Waals surface area contributed by atoms with Crippen LogP contribution in [0.3, 0.4) is 0 Å². The van der Waals surface area contributed by atoms with Gasteiger partial charge in [0.2, 0.25) is 0 Å². The maximum Gasteiger partial charge on any atom is 0.337 e. The Balaban J connectivity index is 2.36. The molecule has 0 unspecified atom stereocenters. The second kappa shape index (κ2) is 6.08. The lowest BCUT2D eigenvalue weighted by Crippen LogP contribution is -2.16. The van der Waals surface area contributed by atoms with Gasteiger partial charge in [0, 0.05) is 9.26 Å². The quantitative estimate of drug-likeness (QED) is 0.546. The minimum atomic E-state index is -1.17. The molecule has 108 valence electrons. The van der Waals surface area contributed by atoms with E-state index < -0.39 is 17.7 Å². The van der Waals surface area contributed by atoms with E-state index in [0.717, 1.165) is 12.1 Å². The summed E-state index contributed by atoms with van der Waals surface area (Å²) in [6.45, 7) is 0. The van der Waals surface area contributed by atoms with Gasteiger partial charge in [-0.15, -0.1) is 0 Å². The maximum absolute atomic E-state index is 13.2. The first-order chi connectivity index (χ1) is 9.88. The van der Waals surface area contributed by atoms with Gasteiger partial charge in [0.05, 0.1) is 16.8 Å². The van der Waals surface area contributed by atoms with Gasteiger partial charge in [-0.3, -0.25) is 4.79 Å². The fraction of sp³-hybridized carbons (Fsp3) is 0.